The minimum atomic E-state index is -0.313. The number of likely N-dealkylation sites (tertiary alicyclic amines) is 1. The standard InChI is InChI=1S/C26H24FN5O2S/c27-18-4-3-5-19(14-18)32-17-22(21-6-1-2-7-23(21)32)25(33)31-15-20(16-31)29-9-11-30(12-10-29)26(34)24-28-8-13-35-24/h1-8,13-14,17,20H,9-12,15-16H2. The van der Waals surface area contributed by atoms with E-state index in [9.17, 15) is 14.0 Å². The van der Waals surface area contributed by atoms with E-state index in [-0.39, 0.29) is 17.6 Å². The number of carbonyl (C=O) groups excluding carboxylic acids is 2. The SMILES string of the molecule is O=C(c1nccs1)N1CCN(C2CN(C(=O)c3cn(-c4cccc(F)c4)c4ccccc34)C2)CC1. The predicted octanol–water partition coefficient (Wildman–Crippen LogP) is 3.51. The van der Waals surface area contributed by atoms with Crippen LogP contribution in [0.4, 0.5) is 4.39 Å². The van der Waals surface area contributed by atoms with Gasteiger partial charge in [-0.3, -0.25) is 14.5 Å². The fraction of sp³-hybridized carbons (Fsp3) is 0.269. The summed E-state index contributed by atoms with van der Waals surface area (Å²) < 4.78 is 15.7. The minimum Gasteiger partial charge on any atom is -0.335 e. The molecule has 0 aliphatic carbocycles. The Hall–Kier alpha value is -3.56. The van der Waals surface area contributed by atoms with Gasteiger partial charge in [-0.2, -0.15) is 0 Å². The zero-order chi connectivity index (χ0) is 23.9. The van der Waals surface area contributed by atoms with Gasteiger partial charge in [-0.1, -0.05) is 24.3 Å². The molecular weight excluding hydrogens is 465 g/mol. The van der Waals surface area contributed by atoms with Crippen LogP contribution in [0.15, 0.2) is 66.3 Å². The Bertz CT molecular complexity index is 1390. The maximum atomic E-state index is 13.9. The molecule has 0 saturated carbocycles. The number of para-hydroxylation sites is 1. The number of nitrogens with zero attached hydrogens (tertiary/aromatic N) is 5. The molecule has 4 heterocycles. The van der Waals surface area contributed by atoms with Crippen LogP contribution in [-0.2, 0) is 0 Å². The summed E-state index contributed by atoms with van der Waals surface area (Å²) in [5.41, 5.74) is 2.19. The van der Waals surface area contributed by atoms with Crippen molar-refractivity contribution in [2.75, 3.05) is 39.3 Å². The average Bonchev–Trinajstić information content (AvgIpc) is 3.52. The fourth-order valence-electron chi connectivity index (χ4n) is 4.97. The van der Waals surface area contributed by atoms with E-state index >= 15 is 0 Å². The van der Waals surface area contributed by atoms with E-state index in [2.05, 4.69) is 9.88 Å². The quantitative estimate of drug-likeness (QED) is 0.440. The van der Waals surface area contributed by atoms with E-state index < -0.39 is 0 Å². The number of thiazole rings is 1. The second-order valence-electron chi connectivity index (χ2n) is 8.94. The summed E-state index contributed by atoms with van der Waals surface area (Å²) in [4.78, 5) is 36.2. The van der Waals surface area contributed by atoms with Gasteiger partial charge in [-0.15, -0.1) is 11.3 Å². The van der Waals surface area contributed by atoms with Crippen molar-refractivity contribution in [3.05, 3.63) is 82.7 Å². The van der Waals surface area contributed by atoms with Crippen molar-refractivity contribution in [2.45, 2.75) is 6.04 Å². The smallest absolute Gasteiger partial charge is 0.282 e. The summed E-state index contributed by atoms with van der Waals surface area (Å²) in [7, 11) is 0. The first-order valence-corrected chi connectivity index (χ1v) is 12.5. The Morgan fingerprint density at radius 3 is 2.49 bits per heavy atom. The lowest BCUT2D eigenvalue weighted by Crippen LogP contribution is -2.64. The number of halogens is 1. The molecule has 0 spiro atoms. The molecule has 2 fully saturated rings. The second kappa shape index (κ2) is 8.90. The Morgan fingerprint density at radius 1 is 0.943 bits per heavy atom. The number of aromatic nitrogens is 2. The molecule has 9 heteroatoms. The molecule has 6 rings (SSSR count). The van der Waals surface area contributed by atoms with Crippen molar-refractivity contribution in [3.8, 4) is 5.69 Å². The average molecular weight is 490 g/mol. The molecule has 2 aromatic heterocycles. The largest absolute Gasteiger partial charge is 0.335 e. The lowest BCUT2D eigenvalue weighted by molar-refractivity contribution is 0.00863. The van der Waals surface area contributed by atoms with Gasteiger partial charge in [-0.25, -0.2) is 9.37 Å². The Morgan fingerprint density at radius 2 is 1.74 bits per heavy atom. The van der Waals surface area contributed by atoms with Gasteiger partial charge in [0.2, 0.25) is 0 Å². The molecule has 7 nitrogen and oxygen atoms in total. The van der Waals surface area contributed by atoms with Crippen molar-refractivity contribution in [1.82, 2.24) is 24.3 Å². The highest BCUT2D eigenvalue weighted by atomic mass is 32.1. The van der Waals surface area contributed by atoms with Crippen molar-refractivity contribution >= 4 is 34.1 Å². The lowest BCUT2D eigenvalue weighted by Gasteiger charge is -2.48. The number of piperazine rings is 1. The van der Waals surface area contributed by atoms with Crippen LogP contribution in [0.3, 0.4) is 0 Å². The number of carbonyl (C=O) groups is 2. The van der Waals surface area contributed by atoms with Crippen molar-refractivity contribution < 1.29 is 14.0 Å². The van der Waals surface area contributed by atoms with E-state index in [4.69, 9.17) is 0 Å². The van der Waals surface area contributed by atoms with E-state index in [1.165, 1.54) is 23.5 Å². The first-order valence-electron chi connectivity index (χ1n) is 11.7. The predicted molar refractivity (Wildman–Crippen MR) is 133 cm³/mol. The number of hydrogen-bond acceptors (Lipinski definition) is 5. The Balaban J connectivity index is 1.13. The third-order valence-corrected chi connectivity index (χ3v) is 7.67. The summed E-state index contributed by atoms with van der Waals surface area (Å²) in [6.45, 7) is 4.26. The zero-order valence-electron chi connectivity index (χ0n) is 19.0. The van der Waals surface area contributed by atoms with Crippen LogP contribution in [0.25, 0.3) is 16.6 Å². The van der Waals surface area contributed by atoms with Crippen LogP contribution in [-0.4, -0.2) is 81.4 Å². The van der Waals surface area contributed by atoms with Gasteiger partial charge in [0.1, 0.15) is 5.82 Å². The summed E-state index contributed by atoms with van der Waals surface area (Å²) in [6.07, 6.45) is 3.47. The highest BCUT2D eigenvalue weighted by Gasteiger charge is 2.38. The molecule has 2 saturated heterocycles. The van der Waals surface area contributed by atoms with E-state index in [0.29, 0.717) is 48.5 Å². The molecule has 0 radical (unpaired) electrons. The van der Waals surface area contributed by atoms with Crippen LogP contribution in [0, 0.1) is 5.82 Å². The highest BCUT2D eigenvalue weighted by Crippen LogP contribution is 2.28. The van der Waals surface area contributed by atoms with Crippen LogP contribution in [0.2, 0.25) is 0 Å². The van der Waals surface area contributed by atoms with Crippen molar-refractivity contribution in [3.63, 3.8) is 0 Å². The van der Waals surface area contributed by atoms with Gasteiger partial charge < -0.3 is 14.4 Å². The summed E-state index contributed by atoms with van der Waals surface area (Å²) in [5.74, 6) is -0.322. The van der Waals surface area contributed by atoms with Gasteiger partial charge in [0.15, 0.2) is 5.01 Å². The molecule has 2 amide bonds. The van der Waals surface area contributed by atoms with Crippen LogP contribution in [0.5, 0.6) is 0 Å². The van der Waals surface area contributed by atoms with E-state index in [1.54, 1.807) is 12.3 Å². The van der Waals surface area contributed by atoms with Gasteiger partial charge >= 0.3 is 0 Å². The molecule has 0 N–H and O–H groups in total. The first kappa shape index (κ1) is 21.9. The lowest BCUT2D eigenvalue weighted by atomic mass is 10.0. The topological polar surface area (TPSA) is 61.7 Å². The van der Waals surface area contributed by atoms with Crippen LogP contribution >= 0.6 is 11.3 Å². The maximum Gasteiger partial charge on any atom is 0.282 e. The van der Waals surface area contributed by atoms with Crippen LogP contribution in [0.1, 0.15) is 20.2 Å². The summed E-state index contributed by atoms with van der Waals surface area (Å²) >= 11 is 1.37. The normalized spacial score (nSPS) is 17.1. The molecule has 2 aliphatic rings. The number of hydrogen-bond donors (Lipinski definition) is 0. The zero-order valence-corrected chi connectivity index (χ0v) is 19.8. The molecule has 2 aliphatic heterocycles. The minimum absolute atomic E-state index is 0.000230. The second-order valence-corrected chi connectivity index (χ2v) is 9.83. The van der Waals surface area contributed by atoms with Gasteiger partial charge in [0.05, 0.1) is 11.1 Å². The molecule has 35 heavy (non-hydrogen) atoms. The first-order chi connectivity index (χ1) is 17.1. The fourth-order valence-corrected chi connectivity index (χ4v) is 5.57. The Labute approximate surface area is 206 Å². The van der Waals surface area contributed by atoms with Gasteiger partial charge in [0.25, 0.3) is 11.8 Å². The molecule has 0 atom stereocenters. The highest BCUT2D eigenvalue weighted by molar-refractivity contribution is 7.11. The molecule has 0 bridgehead atoms. The van der Waals surface area contributed by atoms with E-state index in [0.717, 1.165) is 24.0 Å². The Kier molecular flexibility index (Phi) is 5.58. The molecule has 2 aromatic carbocycles. The maximum absolute atomic E-state index is 13.9. The van der Waals surface area contributed by atoms with Crippen molar-refractivity contribution in [1.29, 1.82) is 0 Å². The third kappa shape index (κ3) is 4.00. The summed E-state index contributed by atoms with van der Waals surface area (Å²) in [6, 6.07) is 14.4. The number of amides is 2. The molecule has 4 aromatic rings. The number of rotatable bonds is 4. The molecular formula is C26H24FN5O2S. The third-order valence-electron chi connectivity index (χ3n) is 6.91. The number of fused-ring (bicyclic) bond motifs is 1. The monoisotopic (exact) mass is 489 g/mol. The van der Waals surface area contributed by atoms with E-state index in [1.807, 2.05) is 56.3 Å². The molecule has 0 unspecified atom stereocenters. The van der Waals surface area contributed by atoms with Crippen molar-refractivity contribution in [2.24, 2.45) is 0 Å². The molecule has 178 valence electrons. The van der Waals surface area contributed by atoms with Gasteiger partial charge in [-0.05, 0) is 24.3 Å². The number of benzene rings is 2. The summed E-state index contributed by atoms with van der Waals surface area (Å²) in [5, 5.41) is 3.22. The van der Waals surface area contributed by atoms with Crippen LogP contribution < -0.4 is 0 Å². The van der Waals surface area contributed by atoms with Gasteiger partial charge in [0, 0.05) is 74.2 Å².